The number of nitrogens with one attached hydrogen (secondary N) is 1. The summed E-state index contributed by atoms with van der Waals surface area (Å²) in [5.41, 5.74) is 4.72. The summed E-state index contributed by atoms with van der Waals surface area (Å²) < 4.78 is 5.78. The van der Waals surface area contributed by atoms with E-state index in [0.29, 0.717) is 5.92 Å². The van der Waals surface area contributed by atoms with Gasteiger partial charge in [0.25, 0.3) is 0 Å². The molecule has 0 saturated heterocycles. The predicted octanol–water partition coefficient (Wildman–Crippen LogP) is 2.31. The van der Waals surface area contributed by atoms with Crippen LogP contribution < -0.4 is 5.32 Å². The Morgan fingerprint density at radius 1 is 1.20 bits per heavy atom. The van der Waals surface area contributed by atoms with Gasteiger partial charge < -0.3 is 9.73 Å². The van der Waals surface area contributed by atoms with E-state index in [9.17, 15) is 0 Å². The summed E-state index contributed by atoms with van der Waals surface area (Å²) in [6.45, 7) is 1.93. The molecule has 1 fully saturated rings. The van der Waals surface area contributed by atoms with Gasteiger partial charge in [-0.3, -0.25) is 0 Å². The molecule has 0 radical (unpaired) electrons. The monoisotopic (exact) mass is 200 g/mol. The van der Waals surface area contributed by atoms with Gasteiger partial charge in [-0.15, -0.1) is 0 Å². The second-order valence-corrected chi connectivity index (χ2v) is 4.52. The molecule has 2 aromatic rings. The molecule has 1 N–H and O–H groups in total. The van der Waals surface area contributed by atoms with Gasteiger partial charge in [-0.1, -0.05) is 0 Å². The molecule has 3 heteroatoms. The van der Waals surface area contributed by atoms with E-state index in [0.717, 1.165) is 30.1 Å². The molecule has 0 amide bonds. The lowest BCUT2D eigenvalue weighted by Gasteiger charge is -1.94. The zero-order valence-electron chi connectivity index (χ0n) is 8.42. The van der Waals surface area contributed by atoms with Crippen molar-refractivity contribution in [2.24, 2.45) is 0 Å². The van der Waals surface area contributed by atoms with Crippen molar-refractivity contribution in [3.8, 4) is 0 Å². The maximum Gasteiger partial charge on any atom is 0.198 e. The highest BCUT2D eigenvalue weighted by molar-refractivity contribution is 5.75. The van der Waals surface area contributed by atoms with Crippen molar-refractivity contribution in [3.05, 3.63) is 29.2 Å². The Balaban J connectivity index is 1.94. The second kappa shape index (κ2) is 2.61. The molecule has 1 aliphatic heterocycles. The number of fused-ring (bicyclic) bond motifs is 2. The minimum Gasteiger partial charge on any atom is -0.440 e. The third-order valence-electron chi connectivity index (χ3n) is 3.28. The summed E-state index contributed by atoms with van der Waals surface area (Å²) in [6, 6.07) is 4.31. The van der Waals surface area contributed by atoms with Gasteiger partial charge in [0.15, 0.2) is 11.5 Å². The van der Waals surface area contributed by atoms with Crippen LogP contribution in [0.3, 0.4) is 0 Å². The molecule has 4 rings (SSSR count). The van der Waals surface area contributed by atoms with Crippen molar-refractivity contribution in [1.82, 2.24) is 10.3 Å². The van der Waals surface area contributed by atoms with E-state index < -0.39 is 0 Å². The molecule has 2 heterocycles. The lowest BCUT2D eigenvalue weighted by molar-refractivity contribution is 0.533. The second-order valence-electron chi connectivity index (χ2n) is 4.52. The number of benzene rings is 1. The Bertz CT molecular complexity index is 499. The van der Waals surface area contributed by atoms with Gasteiger partial charge in [-0.05, 0) is 36.1 Å². The number of oxazole rings is 1. The Labute approximate surface area is 87.5 Å². The van der Waals surface area contributed by atoms with E-state index in [2.05, 4.69) is 22.4 Å². The van der Waals surface area contributed by atoms with Crippen LogP contribution in [-0.2, 0) is 13.1 Å². The van der Waals surface area contributed by atoms with Crippen LogP contribution in [0.2, 0.25) is 0 Å². The van der Waals surface area contributed by atoms with Gasteiger partial charge in [0.1, 0.15) is 5.52 Å². The first kappa shape index (κ1) is 7.88. The third kappa shape index (κ3) is 1.13. The number of hydrogen-bond acceptors (Lipinski definition) is 3. The summed E-state index contributed by atoms with van der Waals surface area (Å²) in [6.07, 6.45) is 2.49. The first-order valence-corrected chi connectivity index (χ1v) is 5.53. The highest BCUT2D eigenvalue weighted by Gasteiger charge is 2.29. The molecule has 15 heavy (non-hydrogen) atoms. The summed E-state index contributed by atoms with van der Waals surface area (Å²) >= 11 is 0. The van der Waals surface area contributed by atoms with Gasteiger partial charge >= 0.3 is 0 Å². The Morgan fingerprint density at radius 3 is 2.80 bits per heavy atom. The van der Waals surface area contributed by atoms with Gasteiger partial charge in [0.05, 0.1) is 0 Å². The molecule has 1 saturated carbocycles. The Morgan fingerprint density at radius 2 is 2.00 bits per heavy atom. The van der Waals surface area contributed by atoms with Crippen molar-refractivity contribution in [3.63, 3.8) is 0 Å². The van der Waals surface area contributed by atoms with Crippen molar-refractivity contribution < 1.29 is 4.42 Å². The van der Waals surface area contributed by atoms with Crippen molar-refractivity contribution in [1.29, 1.82) is 0 Å². The fourth-order valence-corrected chi connectivity index (χ4v) is 2.24. The molecule has 1 aromatic carbocycles. The Kier molecular flexibility index (Phi) is 1.37. The van der Waals surface area contributed by atoms with Crippen LogP contribution in [0.4, 0.5) is 0 Å². The summed E-state index contributed by atoms with van der Waals surface area (Å²) in [5, 5.41) is 3.33. The summed E-state index contributed by atoms with van der Waals surface area (Å²) in [4.78, 5) is 4.56. The molecular weight excluding hydrogens is 188 g/mol. The molecule has 2 aliphatic rings. The van der Waals surface area contributed by atoms with Gasteiger partial charge in [-0.2, -0.15) is 0 Å². The first-order valence-electron chi connectivity index (χ1n) is 5.53. The highest BCUT2D eigenvalue weighted by atomic mass is 16.3. The molecule has 1 aliphatic carbocycles. The standard InChI is InChI=1S/C12H12N2O/c1-2-7(1)12-14-10-3-8-5-13-6-9(8)4-11(10)15-12/h3-4,7,13H,1-2,5-6H2. The van der Waals surface area contributed by atoms with Crippen molar-refractivity contribution in [2.75, 3.05) is 0 Å². The van der Waals surface area contributed by atoms with E-state index >= 15 is 0 Å². The van der Waals surface area contributed by atoms with E-state index in [-0.39, 0.29) is 0 Å². The number of nitrogens with zero attached hydrogens (tertiary/aromatic N) is 1. The lowest BCUT2D eigenvalue weighted by atomic mass is 10.1. The highest BCUT2D eigenvalue weighted by Crippen LogP contribution is 2.40. The lowest BCUT2D eigenvalue weighted by Crippen LogP contribution is -1.99. The average Bonchev–Trinajstić information content (AvgIpc) is 2.85. The SMILES string of the molecule is c1c2c(cc3oc(C4CC4)nc13)CNC2. The topological polar surface area (TPSA) is 38.1 Å². The molecule has 1 aromatic heterocycles. The predicted molar refractivity (Wildman–Crippen MR) is 56.5 cm³/mol. The van der Waals surface area contributed by atoms with Crippen LogP contribution in [-0.4, -0.2) is 4.98 Å². The van der Waals surface area contributed by atoms with E-state index in [1.165, 1.54) is 24.0 Å². The normalized spacial score (nSPS) is 19.7. The number of rotatable bonds is 1. The van der Waals surface area contributed by atoms with E-state index in [1.807, 2.05) is 0 Å². The summed E-state index contributed by atoms with van der Waals surface area (Å²) in [7, 11) is 0. The third-order valence-corrected chi connectivity index (χ3v) is 3.28. The minimum absolute atomic E-state index is 0.602. The van der Waals surface area contributed by atoms with Gasteiger partial charge in [-0.25, -0.2) is 4.98 Å². The van der Waals surface area contributed by atoms with Crippen LogP contribution in [0.15, 0.2) is 16.5 Å². The quantitative estimate of drug-likeness (QED) is 0.767. The van der Waals surface area contributed by atoms with Crippen molar-refractivity contribution in [2.45, 2.75) is 31.8 Å². The fourth-order valence-electron chi connectivity index (χ4n) is 2.24. The zero-order chi connectivity index (χ0) is 9.83. The van der Waals surface area contributed by atoms with Crippen molar-refractivity contribution >= 4 is 11.1 Å². The Hall–Kier alpha value is -1.35. The van der Waals surface area contributed by atoms with Crippen LogP contribution in [0, 0.1) is 0 Å². The number of aromatic nitrogens is 1. The van der Waals surface area contributed by atoms with E-state index in [1.54, 1.807) is 0 Å². The van der Waals surface area contributed by atoms with Gasteiger partial charge in [0.2, 0.25) is 0 Å². The zero-order valence-corrected chi connectivity index (χ0v) is 8.42. The first-order chi connectivity index (χ1) is 7.40. The molecule has 0 atom stereocenters. The maximum atomic E-state index is 5.78. The smallest absolute Gasteiger partial charge is 0.198 e. The maximum absolute atomic E-state index is 5.78. The molecule has 3 nitrogen and oxygen atoms in total. The van der Waals surface area contributed by atoms with E-state index in [4.69, 9.17) is 4.42 Å². The number of hydrogen-bond donors (Lipinski definition) is 1. The molecule has 0 unspecified atom stereocenters. The van der Waals surface area contributed by atoms with Crippen LogP contribution in [0.1, 0.15) is 35.8 Å². The molecule has 76 valence electrons. The fraction of sp³-hybridized carbons (Fsp3) is 0.417. The minimum atomic E-state index is 0.602. The van der Waals surface area contributed by atoms with Crippen LogP contribution >= 0.6 is 0 Å². The average molecular weight is 200 g/mol. The molecular formula is C12H12N2O. The van der Waals surface area contributed by atoms with Crippen LogP contribution in [0.25, 0.3) is 11.1 Å². The van der Waals surface area contributed by atoms with Crippen LogP contribution in [0.5, 0.6) is 0 Å². The van der Waals surface area contributed by atoms with Gasteiger partial charge in [0, 0.05) is 19.0 Å². The molecule has 0 spiro atoms. The largest absolute Gasteiger partial charge is 0.440 e. The molecule has 0 bridgehead atoms. The summed E-state index contributed by atoms with van der Waals surface area (Å²) in [5.74, 6) is 1.55.